The van der Waals surface area contributed by atoms with Crippen LogP contribution in [0.2, 0.25) is 0 Å². The Hall–Kier alpha value is -0.150. The van der Waals surface area contributed by atoms with Gasteiger partial charge in [-0.2, -0.15) is 0 Å². The Bertz CT molecular complexity index is 151. The van der Waals surface area contributed by atoms with E-state index in [4.69, 9.17) is 5.73 Å². The van der Waals surface area contributed by atoms with Crippen LogP contribution < -0.4 is 11.1 Å². The number of hydrogen-bond donors (Lipinski definition) is 1. The van der Waals surface area contributed by atoms with E-state index in [0.717, 1.165) is 6.42 Å². The van der Waals surface area contributed by atoms with Gasteiger partial charge in [-0.1, -0.05) is 0 Å². The Morgan fingerprint density at radius 2 is 2.40 bits per heavy atom. The Morgan fingerprint density at radius 1 is 1.60 bits per heavy atom. The molecule has 1 aliphatic carbocycles. The maximum atomic E-state index is 13.0. The average Bonchev–Trinajstić information content (AvgIpc) is 2.35. The lowest BCUT2D eigenvalue weighted by Crippen LogP contribution is -2.44. The normalized spacial score (nSPS) is 53.4. The fraction of sp³-hybridized carbons (Fsp3) is 1.00. The number of fused-ring (bicyclic) bond motifs is 1. The van der Waals surface area contributed by atoms with E-state index in [-0.39, 0.29) is 11.5 Å². The van der Waals surface area contributed by atoms with E-state index >= 15 is 0 Å². The molecular formula is C7H12FN2. The molecule has 1 aliphatic heterocycles. The SMILES string of the molecule is N[C@@]12CC[C@H](F)[C@@H]1C[N]C2. The molecule has 10 heavy (non-hydrogen) atoms. The van der Waals surface area contributed by atoms with Gasteiger partial charge in [-0.25, -0.2) is 9.71 Å². The van der Waals surface area contributed by atoms with Crippen LogP contribution in [-0.2, 0) is 0 Å². The van der Waals surface area contributed by atoms with Gasteiger partial charge in [0.1, 0.15) is 6.17 Å². The van der Waals surface area contributed by atoms with Gasteiger partial charge in [0, 0.05) is 24.5 Å². The van der Waals surface area contributed by atoms with Crippen molar-refractivity contribution in [1.29, 1.82) is 0 Å². The summed E-state index contributed by atoms with van der Waals surface area (Å²) in [6.07, 6.45) is 0.787. The van der Waals surface area contributed by atoms with Crippen LogP contribution in [0.1, 0.15) is 12.8 Å². The van der Waals surface area contributed by atoms with E-state index in [1.54, 1.807) is 0 Å². The van der Waals surface area contributed by atoms with Crippen LogP contribution in [0.25, 0.3) is 0 Å². The highest BCUT2D eigenvalue weighted by molar-refractivity contribution is 5.07. The first-order chi connectivity index (χ1) is 4.72. The second-order valence-corrected chi connectivity index (χ2v) is 3.46. The number of hydrogen-bond acceptors (Lipinski definition) is 1. The minimum Gasteiger partial charge on any atom is -0.324 e. The topological polar surface area (TPSA) is 40.1 Å². The summed E-state index contributed by atoms with van der Waals surface area (Å²) in [6, 6.07) is 0. The zero-order chi connectivity index (χ0) is 7.19. The number of nitrogens with two attached hydrogens (primary N) is 1. The van der Waals surface area contributed by atoms with E-state index in [0.29, 0.717) is 19.5 Å². The summed E-state index contributed by atoms with van der Waals surface area (Å²) in [4.78, 5) is 0. The molecule has 0 amide bonds. The Kier molecular flexibility index (Phi) is 1.26. The summed E-state index contributed by atoms with van der Waals surface area (Å²) in [6.45, 7) is 1.33. The maximum absolute atomic E-state index is 13.0. The van der Waals surface area contributed by atoms with Gasteiger partial charge in [0.05, 0.1) is 0 Å². The van der Waals surface area contributed by atoms with Crippen LogP contribution in [0, 0.1) is 5.92 Å². The van der Waals surface area contributed by atoms with Crippen LogP contribution in [0.4, 0.5) is 4.39 Å². The molecule has 2 aliphatic rings. The van der Waals surface area contributed by atoms with Gasteiger partial charge in [0.2, 0.25) is 0 Å². The van der Waals surface area contributed by atoms with Crippen molar-refractivity contribution in [3.05, 3.63) is 0 Å². The lowest BCUT2D eigenvalue weighted by atomic mass is 9.92. The molecule has 0 bridgehead atoms. The summed E-state index contributed by atoms with van der Waals surface area (Å²) in [5.74, 6) is 0.0347. The number of nitrogens with zero attached hydrogens (tertiary/aromatic N) is 1. The molecule has 2 rings (SSSR count). The highest BCUT2D eigenvalue weighted by atomic mass is 19.1. The van der Waals surface area contributed by atoms with Gasteiger partial charge >= 0.3 is 0 Å². The molecule has 0 unspecified atom stereocenters. The first kappa shape index (κ1) is 6.55. The van der Waals surface area contributed by atoms with Crippen LogP contribution in [0.3, 0.4) is 0 Å². The second-order valence-electron chi connectivity index (χ2n) is 3.46. The van der Waals surface area contributed by atoms with Crippen molar-refractivity contribution >= 4 is 0 Å². The molecule has 1 saturated carbocycles. The molecule has 0 spiro atoms. The van der Waals surface area contributed by atoms with Crippen molar-refractivity contribution in [2.24, 2.45) is 11.7 Å². The van der Waals surface area contributed by atoms with Crippen molar-refractivity contribution < 1.29 is 4.39 Å². The van der Waals surface area contributed by atoms with Crippen LogP contribution in [0.5, 0.6) is 0 Å². The quantitative estimate of drug-likeness (QED) is 0.511. The lowest BCUT2D eigenvalue weighted by molar-refractivity contribution is 0.246. The summed E-state index contributed by atoms with van der Waals surface area (Å²) in [5.41, 5.74) is 5.66. The smallest absolute Gasteiger partial charge is 0.106 e. The maximum Gasteiger partial charge on any atom is 0.106 e. The van der Waals surface area contributed by atoms with E-state index < -0.39 is 6.17 Å². The molecule has 0 aromatic carbocycles. The summed E-state index contributed by atoms with van der Waals surface area (Å²) < 4.78 is 13.0. The molecule has 1 radical (unpaired) electrons. The third kappa shape index (κ3) is 0.705. The molecule has 1 heterocycles. The van der Waals surface area contributed by atoms with Gasteiger partial charge in [-0.05, 0) is 12.8 Å². The molecule has 3 heteroatoms. The Balaban J connectivity index is 2.19. The lowest BCUT2D eigenvalue weighted by Gasteiger charge is -2.21. The van der Waals surface area contributed by atoms with Gasteiger partial charge in [-0.15, -0.1) is 0 Å². The molecule has 2 nitrogen and oxygen atoms in total. The highest BCUT2D eigenvalue weighted by Crippen LogP contribution is 2.38. The number of rotatable bonds is 0. The second kappa shape index (κ2) is 1.92. The first-order valence-corrected chi connectivity index (χ1v) is 3.78. The Morgan fingerprint density at radius 3 is 3.10 bits per heavy atom. The van der Waals surface area contributed by atoms with E-state index in [1.807, 2.05) is 0 Å². The molecule has 1 saturated heterocycles. The van der Waals surface area contributed by atoms with E-state index in [2.05, 4.69) is 5.32 Å². The third-order valence-corrected chi connectivity index (χ3v) is 2.79. The standard InChI is InChI=1S/C7H12FN2/c8-6-1-2-7(9)4-10-3-5(6)7/h5-6H,1-4,9H2/t5-,6-,7+/m0/s1. The minimum atomic E-state index is -0.684. The summed E-state index contributed by atoms with van der Waals surface area (Å²) >= 11 is 0. The Labute approximate surface area is 60.0 Å². The van der Waals surface area contributed by atoms with Gasteiger partial charge in [0.25, 0.3) is 0 Å². The number of halogens is 1. The van der Waals surface area contributed by atoms with Crippen molar-refractivity contribution in [3.63, 3.8) is 0 Å². The van der Waals surface area contributed by atoms with Gasteiger partial charge < -0.3 is 5.73 Å². The zero-order valence-corrected chi connectivity index (χ0v) is 5.89. The van der Waals surface area contributed by atoms with Crippen LogP contribution in [-0.4, -0.2) is 24.8 Å². The molecule has 3 atom stereocenters. The molecule has 2 N–H and O–H groups in total. The molecular weight excluding hydrogens is 131 g/mol. The van der Waals surface area contributed by atoms with Crippen molar-refractivity contribution in [2.75, 3.05) is 13.1 Å². The minimum absolute atomic E-state index is 0.0347. The molecule has 2 fully saturated rings. The first-order valence-electron chi connectivity index (χ1n) is 3.78. The predicted octanol–water partition coefficient (Wildman–Crippen LogP) is 0.0500. The third-order valence-electron chi connectivity index (χ3n) is 2.79. The summed E-state index contributed by atoms with van der Waals surface area (Å²) in [7, 11) is 0. The average molecular weight is 143 g/mol. The van der Waals surface area contributed by atoms with Crippen LogP contribution in [0.15, 0.2) is 0 Å². The molecule has 57 valence electrons. The fourth-order valence-corrected chi connectivity index (χ4v) is 2.06. The largest absolute Gasteiger partial charge is 0.324 e. The van der Waals surface area contributed by atoms with Crippen molar-refractivity contribution in [2.45, 2.75) is 24.6 Å². The number of alkyl halides is 1. The van der Waals surface area contributed by atoms with Crippen molar-refractivity contribution in [3.8, 4) is 0 Å². The highest BCUT2D eigenvalue weighted by Gasteiger charge is 2.49. The fourth-order valence-electron chi connectivity index (χ4n) is 2.06. The predicted molar refractivity (Wildman–Crippen MR) is 36.4 cm³/mol. The van der Waals surface area contributed by atoms with E-state index in [9.17, 15) is 4.39 Å². The van der Waals surface area contributed by atoms with Crippen LogP contribution >= 0.6 is 0 Å². The monoisotopic (exact) mass is 143 g/mol. The molecule has 0 aromatic heterocycles. The summed E-state index contributed by atoms with van der Waals surface area (Å²) in [5, 5.41) is 4.13. The zero-order valence-electron chi connectivity index (χ0n) is 5.89. The van der Waals surface area contributed by atoms with Gasteiger partial charge in [0.15, 0.2) is 0 Å². The van der Waals surface area contributed by atoms with Gasteiger partial charge in [-0.3, -0.25) is 0 Å². The molecule has 0 aromatic rings. The van der Waals surface area contributed by atoms with E-state index in [1.165, 1.54) is 0 Å². The van der Waals surface area contributed by atoms with Crippen molar-refractivity contribution in [1.82, 2.24) is 5.32 Å².